The summed E-state index contributed by atoms with van der Waals surface area (Å²) in [5.41, 5.74) is 0. The normalized spacial score (nSPS) is 43.8. The molecule has 0 spiro atoms. The van der Waals surface area contributed by atoms with E-state index in [0.717, 1.165) is 0 Å². The molecule has 0 aromatic rings. The Hall–Kier alpha value is -2.66. The summed E-state index contributed by atoms with van der Waals surface area (Å²) in [5, 5.41) is 77.8. The highest BCUT2D eigenvalue weighted by Gasteiger charge is 2.55. The average molecular weight is 1040 g/mol. The van der Waals surface area contributed by atoms with Crippen LogP contribution in [0, 0.1) is 47.3 Å². The highest BCUT2D eigenvalue weighted by Crippen LogP contribution is 2.46. The molecule has 4 fully saturated rings. The Labute approximate surface area is 433 Å². The number of carbonyl (C=O) groups excluding carboxylic acids is 2. The lowest BCUT2D eigenvalue weighted by molar-refractivity contribution is -0.352. The second-order valence-corrected chi connectivity index (χ2v) is 21.8. The van der Waals surface area contributed by atoms with Gasteiger partial charge in [0.15, 0.2) is 24.2 Å². The summed E-state index contributed by atoms with van der Waals surface area (Å²) in [4.78, 5) is 27.1. The van der Waals surface area contributed by atoms with Crippen LogP contribution >= 0.6 is 0 Å². The van der Waals surface area contributed by atoms with Crippen LogP contribution in [0.3, 0.4) is 0 Å². The van der Waals surface area contributed by atoms with Crippen molar-refractivity contribution in [3.63, 3.8) is 0 Å². The third-order valence-corrected chi connectivity index (χ3v) is 16.8. The Bertz CT molecular complexity index is 1850. The first kappa shape index (κ1) is 61.2. The molecule has 5 aliphatic heterocycles. The number of esters is 2. The van der Waals surface area contributed by atoms with Crippen LogP contribution < -0.4 is 0 Å². The summed E-state index contributed by atoms with van der Waals surface area (Å²) in [5.74, 6) is -8.77. The minimum Gasteiger partial charge on any atom is -0.458 e. The lowest BCUT2D eigenvalue weighted by Gasteiger charge is -2.52. The van der Waals surface area contributed by atoms with E-state index < -0.39 is 151 Å². The van der Waals surface area contributed by atoms with Crippen molar-refractivity contribution in [2.45, 2.75) is 231 Å². The predicted molar refractivity (Wildman–Crippen MR) is 268 cm³/mol. The second kappa shape index (κ2) is 26.6. The fourth-order valence-electron chi connectivity index (χ4n) is 11.9. The van der Waals surface area contributed by atoms with Crippen molar-refractivity contribution in [2.75, 3.05) is 7.11 Å². The number of hydrogen-bond acceptors (Lipinski definition) is 18. The molecular formula is C55H90O18. The molecule has 7 N–H and O–H groups in total. The molecule has 73 heavy (non-hydrogen) atoms. The minimum absolute atomic E-state index is 0.0207. The molecule has 0 unspecified atom stereocenters. The maximum absolute atomic E-state index is 13.6. The van der Waals surface area contributed by atoms with Crippen molar-refractivity contribution < 1.29 is 88.0 Å². The maximum Gasteiger partial charge on any atom is 0.331 e. The average Bonchev–Trinajstić information content (AvgIpc) is 3.33. The standard InChI is InChI=1S/C55H90O18/c1-14-38-34(9)72-54(64,26-42(38)68-46-24-40(56)50(62)36(11)66-46)32(7)48(60)30(5)52-28(3)20-16-18-23-45(59)71-53(29(4)21-17-19-22-44(58)70-52)31(6)49(61)33(8)55(65-13)27-43(39(15-2)35(10)73-55)69-47-25-41(57)51(63)37(12)67-47/h16-23,28-43,46-53,56-57,60-64H,14-15,24-27H2,1-13H3/t28-,29-,30-,31-,32-,33-,34+,35+,36-,37-,38+,39+,40-,41-,42+,43+,46-,47-,48+,49+,50+,51+,52-,53-,54+,55+/m0/s1. The van der Waals surface area contributed by atoms with Gasteiger partial charge in [0.2, 0.25) is 0 Å². The van der Waals surface area contributed by atoms with Crippen LogP contribution in [0.1, 0.15) is 122 Å². The van der Waals surface area contributed by atoms with Crippen molar-refractivity contribution in [1.82, 2.24) is 0 Å². The molecule has 0 aliphatic carbocycles. The van der Waals surface area contributed by atoms with Crippen LogP contribution in [0.5, 0.6) is 0 Å². The smallest absolute Gasteiger partial charge is 0.331 e. The van der Waals surface area contributed by atoms with E-state index >= 15 is 0 Å². The van der Waals surface area contributed by atoms with Gasteiger partial charge in [-0.05, 0) is 40.5 Å². The molecule has 26 atom stereocenters. The van der Waals surface area contributed by atoms with Crippen molar-refractivity contribution in [3.8, 4) is 0 Å². The summed E-state index contributed by atoms with van der Waals surface area (Å²) < 4.78 is 56.0. The van der Waals surface area contributed by atoms with E-state index in [4.69, 9.17) is 42.6 Å². The van der Waals surface area contributed by atoms with Crippen LogP contribution in [0.25, 0.3) is 0 Å². The van der Waals surface area contributed by atoms with Crippen LogP contribution in [0.4, 0.5) is 0 Å². The van der Waals surface area contributed by atoms with Gasteiger partial charge >= 0.3 is 11.9 Å². The number of allylic oxidation sites excluding steroid dienone is 4. The van der Waals surface area contributed by atoms with E-state index in [1.807, 2.05) is 48.5 Å². The number of cyclic esters (lactones) is 2. The number of ether oxygens (including phenoxy) is 9. The van der Waals surface area contributed by atoms with E-state index in [2.05, 4.69) is 0 Å². The summed E-state index contributed by atoms with van der Waals surface area (Å²) in [7, 11) is 1.52. The molecule has 18 heteroatoms. The van der Waals surface area contributed by atoms with Gasteiger partial charge in [-0.15, -0.1) is 0 Å². The molecular weight excluding hydrogens is 949 g/mol. The quantitative estimate of drug-likeness (QED) is 0.109. The van der Waals surface area contributed by atoms with Gasteiger partial charge in [0.05, 0.1) is 61.0 Å². The van der Waals surface area contributed by atoms with Crippen molar-refractivity contribution in [2.24, 2.45) is 47.3 Å². The monoisotopic (exact) mass is 1040 g/mol. The molecule has 5 heterocycles. The first-order valence-electron chi connectivity index (χ1n) is 26.8. The van der Waals surface area contributed by atoms with E-state index in [1.165, 1.54) is 31.4 Å². The minimum atomic E-state index is -1.87. The first-order valence-corrected chi connectivity index (χ1v) is 26.8. The van der Waals surface area contributed by atoms with Crippen LogP contribution in [-0.4, -0.2) is 164 Å². The molecule has 418 valence electrons. The summed E-state index contributed by atoms with van der Waals surface area (Å²) >= 11 is 0. The van der Waals surface area contributed by atoms with Crippen molar-refractivity contribution in [1.29, 1.82) is 0 Å². The number of aliphatic hydroxyl groups is 7. The van der Waals surface area contributed by atoms with Crippen LogP contribution in [-0.2, 0) is 52.2 Å². The van der Waals surface area contributed by atoms with Gasteiger partial charge in [-0.1, -0.05) is 91.8 Å². The Balaban J connectivity index is 1.30. The molecule has 0 radical (unpaired) electrons. The molecule has 18 nitrogen and oxygen atoms in total. The fourth-order valence-corrected chi connectivity index (χ4v) is 11.9. The number of rotatable bonds is 15. The maximum atomic E-state index is 13.6. The van der Waals surface area contributed by atoms with Gasteiger partial charge in [-0.2, -0.15) is 0 Å². The highest BCUT2D eigenvalue weighted by atomic mass is 16.7. The van der Waals surface area contributed by atoms with Crippen molar-refractivity contribution in [3.05, 3.63) is 48.6 Å². The molecule has 0 bridgehead atoms. The van der Waals surface area contributed by atoms with Gasteiger partial charge in [0.25, 0.3) is 0 Å². The molecule has 0 aromatic carbocycles. The lowest BCUT2D eigenvalue weighted by Crippen LogP contribution is -2.60. The second-order valence-electron chi connectivity index (χ2n) is 21.8. The Kier molecular flexibility index (Phi) is 22.3. The SMILES string of the molecule is CC[C@@H]1[C@@H](C)O[C@@](OC)([C@@H](C)[C@H](O)[C@H](C)[C@H]2OC(=O)C=CC=C[C@H](C)[C@@H]([C@@H](C)[C@@H](O)[C@H](C)[C@@]3(O)C[C@@H](O[C@H]4C[C@H](O)[C@H](O)[C@H](C)O4)[C@H](CC)[C@@H](C)O3)OC(=O)C=CC=C[C@@H]2C)C[C@H]1O[C@H]1C[C@H](O)[C@H](O)[C@H](C)O1. The number of aliphatic hydroxyl groups excluding tert-OH is 6. The van der Waals surface area contributed by atoms with Crippen LogP contribution in [0.2, 0.25) is 0 Å². The first-order chi connectivity index (χ1) is 34.3. The van der Waals surface area contributed by atoms with E-state index in [-0.39, 0.29) is 43.6 Å². The summed E-state index contributed by atoms with van der Waals surface area (Å²) in [6.07, 6.45) is 0.882. The number of hydrogen-bond donors (Lipinski definition) is 7. The van der Waals surface area contributed by atoms with E-state index in [0.29, 0.717) is 12.8 Å². The zero-order valence-electron chi connectivity index (χ0n) is 45.3. The fraction of sp³-hybridized carbons (Fsp3) is 0.818. The van der Waals surface area contributed by atoms with Gasteiger partial charge < -0.3 is 78.4 Å². The van der Waals surface area contributed by atoms with Gasteiger partial charge in [0.1, 0.15) is 24.4 Å². The third kappa shape index (κ3) is 14.7. The van der Waals surface area contributed by atoms with E-state index in [1.54, 1.807) is 58.9 Å². The lowest BCUT2D eigenvalue weighted by atomic mass is 9.76. The Morgan fingerprint density at radius 3 is 1.44 bits per heavy atom. The highest BCUT2D eigenvalue weighted by molar-refractivity contribution is 5.83. The van der Waals surface area contributed by atoms with E-state index in [9.17, 15) is 45.3 Å². The van der Waals surface area contributed by atoms with Gasteiger partial charge in [0, 0.05) is 92.3 Å². The third-order valence-electron chi connectivity index (χ3n) is 16.8. The van der Waals surface area contributed by atoms with Gasteiger partial charge in [-0.25, -0.2) is 9.59 Å². The summed E-state index contributed by atoms with van der Waals surface area (Å²) in [6.45, 7) is 21.8. The Morgan fingerprint density at radius 2 is 1.03 bits per heavy atom. The zero-order valence-corrected chi connectivity index (χ0v) is 45.3. The van der Waals surface area contributed by atoms with Crippen LogP contribution in [0.15, 0.2) is 48.6 Å². The molecule has 5 rings (SSSR count). The topological polar surface area (TPSA) is 259 Å². The zero-order chi connectivity index (χ0) is 54.3. The molecule has 0 saturated carbocycles. The largest absolute Gasteiger partial charge is 0.458 e. The number of carbonyl (C=O) groups is 2. The predicted octanol–water partition coefficient (Wildman–Crippen LogP) is 4.77. The Morgan fingerprint density at radius 1 is 0.616 bits per heavy atom. The molecule has 4 saturated heterocycles. The molecule has 0 aromatic heterocycles. The molecule has 5 aliphatic rings. The van der Waals surface area contributed by atoms with Gasteiger partial charge in [-0.3, -0.25) is 0 Å². The summed E-state index contributed by atoms with van der Waals surface area (Å²) in [6, 6.07) is 0. The molecule has 0 amide bonds. The number of methoxy groups -OCH3 is 1. The van der Waals surface area contributed by atoms with Crippen molar-refractivity contribution >= 4 is 11.9 Å².